The fourth-order valence-electron chi connectivity index (χ4n) is 2.13. The molecule has 1 heterocycles. The first-order valence-electron chi connectivity index (χ1n) is 6.86. The highest BCUT2D eigenvalue weighted by Crippen LogP contribution is 2.26. The summed E-state index contributed by atoms with van der Waals surface area (Å²) in [5.41, 5.74) is 2.75. The summed E-state index contributed by atoms with van der Waals surface area (Å²) < 4.78 is 0. The smallest absolute Gasteiger partial charge is 0.190 e. The largest absolute Gasteiger partial charge is 0.372 e. The second kappa shape index (κ2) is 6.46. The first kappa shape index (κ1) is 14.4. The molecule has 0 aliphatic rings. The van der Waals surface area contributed by atoms with Crippen LogP contribution in [0.4, 0.5) is 5.82 Å². The molecule has 0 bridgehead atoms. The van der Waals surface area contributed by atoms with Gasteiger partial charge < -0.3 is 5.32 Å². The Kier molecular flexibility index (Phi) is 4.22. The van der Waals surface area contributed by atoms with Gasteiger partial charge in [0.25, 0.3) is 0 Å². The minimum absolute atomic E-state index is 0.674. The third kappa shape index (κ3) is 3.02. The minimum atomic E-state index is 0.674. The molecule has 0 unspecified atom stereocenters. The molecule has 0 radical (unpaired) electrons. The third-order valence-electron chi connectivity index (χ3n) is 3.27. The van der Waals surface area contributed by atoms with Gasteiger partial charge >= 0.3 is 0 Å². The zero-order valence-electron chi connectivity index (χ0n) is 12.1. The summed E-state index contributed by atoms with van der Waals surface area (Å²) in [6, 6.07) is 17.7. The average Bonchev–Trinajstić information content (AvgIpc) is 2.59. The lowest BCUT2D eigenvalue weighted by atomic mass is 10.2. The highest BCUT2D eigenvalue weighted by atomic mass is 32.2. The van der Waals surface area contributed by atoms with Gasteiger partial charge in [-0.3, -0.25) is 0 Å². The van der Waals surface area contributed by atoms with Crippen molar-refractivity contribution in [1.29, 1.82) is 5.26 Å². The van der Waals surface area contributed by atoms with Gasteiger partial charge in [0.15, 0.2) is 5.16 Å². The number of nitrogens with zero attached hydrogens (tertiary/aromatic N) is 3. The molecule has 0 fully saturated rings. The average molecular weight is 306 g/mol. The van der Waals surface area contributed by atoms with Gasteiger partial charge in [0, 0.05) is 18.2 Å². The van der Waals surface area contributed by atoms with Crippen molar-refractivity contribution < 1.29 is 0 Å². The van der Waals surface area contributed by atoms with Crippen molar-refractivity contribution in [2.24, 2.45) is 0 Å². The molecule has 1 aromatic heterocycles. The first-order valence-corrected chi connectivity index (χ1v) is 7.85. The molecule has 4 nitrogen and oxygen atoms in total. The number of fused-ring (bicyclic) bond motifs is 1. The summed E-state index contributed by atoms with van der Waals surface area (Å²) in [7, 11) is 1.86. The predicted molar refractivity (Wildman–Crippen MR) is 89.8 cm³/mol. The summed E-state index contributed by atoms with van der Waals surface area (Å²) in [5, 5.41) is 13.7. The molecule has 0 saturated carbocycles. The molecule has 2 aromatic carbocycles. The van der Waals surface area contributed by atoms with Crippen LogP contribution < -0.4 is 5.32 Å². The lowest BCUT2D eigenvalue weighted by Crippen LogP contribution is -1.98. The van der Waals surface area contributed by atoms with Crippen LogP contribution in [-0.4, -0.2) is 17.0 Å². The van der Waals surface area contributed by atoms with Crippen molar-refractivity contribution in [1.82, 2.24) is 9.97 Å². The van der Waals surface area contributed by atoms with Crippen molar-refractivity contribution in [2.75, 3.05) is 12.4 Å². The molecular formula is C17H14N4S. The summed E-state index contributed by atoms with van der Waals surface area (Å²) in [6.07, 6.45) is 0. The van der Waals surface area contributed by atoms with Gasteiger partial charge in [-0.2, -0.15) is 5.26 Å². The Morgan fingerprint density at radius 2 is 1.86 bits per heavy atom. The van der Waals surface area contributed by atoms with Crippen molar-refractivity contribution in [3.05, 3.63) is 59.7 Å². The van der Waals surface area contributed by atoms with E-state index in [1.165, 1.54) is 0 Å². The Morgan fingerprint density at radius 1 is 1.09 bits per heavy atom. The Labute approximate surface area is 133 Å². The maximum atomic E-state index is 8.81. The fourth-order valence-corrected chi connectivity index (χ4v) is 2.94. The maximum absolute atomic E-state index is 8.81. The van der Waals surface area contributed by atoms with E-state index in [0.717, 1.165) is 33.2 Å². The lowest BCUT2D eigenvalue weighted by Gasteiger charge is -2.07. The van der Waals surface area contributed by atoms with Crippen LogP contribution in [-0.2, 0) is 5.75 Å². The number of aromatic nitrogens is 2. The van der Waals surface area contributed by atoms with Crippen LogP contribution in [0.1, 0.15) is 11.1 Å². The van der Waals surface area contributed by atoms with Crippen LogP contribution >= 0.6 is 11.8 Å². The standard InChI is InChI=1S/C17H14N4S/c1-19-16-14-4-2-3-5-15(14)20-17(21-16)22-11-13-8-6-12(10-18)7-9-13/h2-9H,11H2,1H3,(H,19,20,21). The first-order chi connectivity index (χ1) is 10.8. The Hall–Kier alpha value is -2.58. The summed E-state index contributed by atoms with van der Waals surface area (Å²) >= 11 is 1.59. The highest BCUT2D eigenvalue weighted by Gasteiger charge is 2.07. The van der Waals surface area contributed by atoms with Gasteiger partial charge in [-0.25, -0.2) is 9.97 Å². The zero-order chi connectivity index (χ0) is 15.4. The van der Waals surface area contributed by atoms with E-state index in [0.29, 0.717) is 5.56 Å². The Morgan fingerprint density at radius 3 is 2.59 bits per heavy atom. The van der Waals surface area contributed by atoms with Gasteiger partial charge in [-0.05, 0) is 29.8 Å². The topological polar surface area (TPSA) is 61.6 Å². The van der Waals surface area contributed by atoms with E-state index in [1.807, 2.05) is 55.6 Å². The van der Waals surface area contributed by atoms with Crippen molar-refractivity contribution in [3.63, 3.8) is 0 Å². The second-order valence-electron chi connectivity index (χ2n) is 4.72. The molecule has 0 aliphatic carbocycles. The van der Waals surface area contributed by atoms with E-state index >= 15 is 0 Å². The summed E-state index contributed by atoms with van der Waals surface area (Å²) in [5.74, 6) is 1.61. The molecule has 0 amide bonds. The van der Waals surface area contributed by atoms with Crippen LogP contribution in [0.15, 0.2) is 53.7 Å². The monoisotopic (exact) mass is 306 g/mol. The van der Waals surface area contributed by atoms with Crippen molar-refractivity contribution in [3.8, 4) is 6.07 Å². The lowest BCUT2D eigenvalue weighted by molar-refractivity contribution is 1.00. The van der Waals surface area contributed by atoms with Gasteiger partial charge in [-0.15, -0.1) is 0 Å². The van der Waals surface area contributed by atoms with E-state index < -0.39 is 0 Å². The Bertz CT molecular complexity index is 837. The van der Waals surface area contributed by atoms with Gasteiger partial charge in [0.05, 0.1) is 17.1 Å². The van der Waals surface area contributed by atoms with E-state index in [-0.39, 0.29) is 0 Å². The number of nitriles is 1. The van der Waals surface area contributed by atoms with Gasteiger partial charge in [-0.1, -0.05) is 36.0 Å². The van der Waals surface area contributed by atoms with Crippen LogP contribution in [0, 0.1) is 11.3 Å². The molecule has 0 atom stereocenters. The van der Waals surface area contributed by atoms with E-state index in [9.17, 15) is 0 Å². The van der Waals surface area contributed by atoms with E-state index in [1.54, 1.807) is 11.8 Å². The molecule has 3 aromatic rings. The molecule has 0 aliphatic heterocycles. The molecule has 3 rings (SSSR count). The van der Waals surface area contributed by atoms with Crippen molar-refractivity contribution in [2.45, 2.75) is 10.9 Å². The van der Waals surface area contributed by atoms with Crippen LogP contribution in [0.2, 0.25) is 0 Å². The SMILES string of the molecule is CNc1nc(SCc2ccc(C#N)cc2)nc2ccccc12. The number of anilines is 1. The predicted octanol–water partition coefficient (Wildman–Crippen LogP) is 3.84. The zero-order valence-corrected chi connectivity index (χ0v) is 12.9. The molecule has 1 N–H and O–H groups in total. The van der Waals surface area contributed by atoms with Crippen LogP contribution in [0.3, 0.4) is 0 Å². The minimum Gasteiger partial charge on any atom is -0.372 e. The van der Waals surface area contributed by atoms with Crippen molar-refractivity contribution >= 4 is 28.5 Å². The molecule has 0 saturated heterocycles. The Balaban J connectivity index is 1.82. The van der Waals surface area contributed by atoms with Gasteiger partial charge in [0.1, 0.15) is 5.82 Å². The number of benzene rings is 2. The summed E-state index contributed by atoms with van der Waals surface area (Å²) in [6.45, 7) is 0. The molecule has 22 heavy (non-hydrogen) atoms. The summed E-state index contributed by atoms with van der Waals surface area (Å²) in [4.78, 5) is 9.15. The number of nitrogens with one attached hydrogen (secondary N) is 1. The number of thioether (sulfide) groups is 1. The molecular weight excluding hydrogens is 292 g/mol. The number of hydrogen-bond acceptors (Lipinski definition) is 5. The maximum Gasteiger partial charge on any atom is 0.190 e. The molecule has 108 valence electrons. The highest BCUT2D eigenvalue weighted by molar-refractivity contribution is 7.98. The third-order valence-corrected chi connectivity index (χ3v) is 4.19. The molecule has 5 heteroatoms. The van der Waals surface area contributed by atoms with E-state index in [2.05, 4.69) is 21.4 Å². The number of para-hydroxylation sites is 1. The quantitative estimate of drug-likeness (QED) is 0.586. The van der Waals surface area contributed by atoms with Crippen LogP contribution in [0.25, 0.3) is 10.9 Å². The van der Waals surface area contributed by atoms with Crippen LogP contribution in [0.5, 0.6) is 0 Å². The number of rotatable bonds is 4. The molecule has 0 spiro atoms. The van der Waals surface area contributed by atoms with Gasteiger partial charge in [0.2, 0.25) is 0 Å². The van der Waals surface area contributed by atoms with E-state index in [4.69, 9.17) is 5.26 Å². The normalized spacial score (nSPS) is 10.4. The number of hydrogen-bond donors (Lipinski definition) is 1. The fraction of sp³-hybridized carbons (Fsp3) is 0.118. The second-order valence-corrected chi connectivity index (χ2v) is 5.66.